The molecular formula is C10H13F2N. The molecule has 0 fully saturated rings. The molecule has 13 heavy (non-hydrogen) atoms. The molecule has 72 valence electrons. The van der Waals surface area contributed by atoms with Gasteiger partial charge < -0.3 is 5.73 Å². The van der Waals surface area contributed by atoms with Crippen molar-refractivity contribution in [3.05, 3.63) is 34.9 Å². The summed E-state index contributed by atoms with van der Waals surface area (Å²) in [6, 6.07) is 4.25. The van der Waals surface area contributed by atoms with Gasteiger partial charge in [-0.05, 0) is 25.0 Å². The fraction of sp³-hybridized carbons (Fsp3) is 0.400. The average molecular weight is 185 g/mol. The van der Waals surface area contributed by atoms with E-state index in [9.17, 15) is 8.78 Å². The highest BCUT2D eigenvalue weighted by atomic mass is 19.3. The summed E-state index contributed by atoms with van der Waals surface area (Å²) in [5.74, 6) is 0. The zero-order valence-electron chi connectivity index (χ0n) is 7.72. The second-order valence-corrected chi connectivity index (χ2v) is 3.22. The van der Waals surface area contributed by atoms with E-state index in [1.807, 2.05) is 19.1 Å². The van der Waals surface area contributed by atoms with Crippen LogP contribution in [0.2, 0.25) is 0 Å². The van der Waals surface area contributed by atoms with E-state index < -0.39 is 12.5 Å². The van der Waals surface area contributed by atoms with Gasteiger partial charge in [0.05, 0.1) is 6.04 Å². The predicted molar refractivity (Wildman–Crippen MR) is 48.8 cm³/mol. The topological polar surface area (TPSA) is 26.0 Å². The summed E-state index contributed by atoms with van der Waals surface area (Å²) < 4.78 is 24.6. The molecule has 0 spiro atoms. The zero-order valence-corrected chi connectivity index (χ0v) is 7.72. The van der Waals surface area contributed by atoms with E-state index in [0.717, 1.165) is 11.1 Å². The summed E-state index contributed by atoms with van der Waals surface area (Å²) in [4.78, 5) is 0. The Morgan fingerprint density at radius 3 is 2.38 bits per heavy atom. The quantitative estimate of drug-likeness (QED) is 0.752. The molecule has 1 unspecified atom stereocenters. The molecule has 0 aliphatic carbocycles. The SMILES string of the molecule is Cc1ccc(C)c(C(N)C(F)F)c1. The minimum atomic E-state index is -2.50. The highest BCUT2D eigenvalue weighted by Gasteiger charge is 2.18. The van der Waals surface area contributed by atoms with Gasteiger partial charge in [0.15, 0.2) is 0 Å². The lowest BCUT2D eigenvalue weighted by molar-refractivity contribution is 0.116. The first kappa shape index (κ1) is 10.1. The normalized spacial score (nSPS) is 13.4. The van der Waals surface area contributed by atoms with E-state index in [2.05, 4.69) is 0 Å². The first-order valence-electron chi connectivity index (χ1n) is 4.13. The maximum Gasteiger partial charge on any atom is 0.257 e. The molecule has 0 saturated heterocycles. The molecule has 0 saturated carbocycles. The number of hydrogen-bond donors (Lipinski definition) is 1. The van der Waals surface area contributed by atoms with Gasteiger partial charge >= 0.3 is 0 Å². The molecule has 1 nitrogen and oxygen atoms in total. The molecule has 1 aromatic rings. The Kier molecular flexibility index (Phi) is 2.98. The molecule has 0 aromatic heterocycles. The van der Waals surface area contributed by atoms with Gasteiger partial charge in [-0.25, -0.2) is 8.78 Å². The smallest absolute Gasteiger partial charge is 0.257 e. The van der Waals surface area contributed by atoms with Crippen LogP contribution in [0.5, 0.6) is 0 Å². The van der Waals surface area contributed by atoms with Crippen LogP contribution in [0, 0.1) is 13.8 Å². The lowest BCUT2D eigenvalue weighted by Gasteiger charge is -2.14. The monoisotopic (exact) mass is 185 g/mol. The maximum atomic E-state index is 12.3. The Labute approximate surface area is 76.6 Å². The number of rotatable bonds is 2. The van der Waals surface area contributed by atoms with Crippen LogP contribution in [-0.2, 0) is 0 Å². The second kappa shape index (κ2) is 3.83. The highest BCUT2D eigenvalue weighted by molar-refractivity contribution is 5.33. The van der Waals surface area contributed by atoms with Crippen LogP contribution in [0.15, 0.2) is 18.2 Å². The summed E-state index contributed by atoms with van der Waals surface area (Å²) >= 11 is 0. The third-order valence-corrected chi connectivity index (χ3v) is 2.07. The molecule has 1 atom stereocenters. The minimum Gasteiger partial charge on any atom is -0.319 e. The van der Waals surface area contributed by atoms with E-state index in [4.69, 9.17) is 5.73 Å². The van der Waals surface area contributed by atoms with Gasteiger partial charge in [0.2, 0.25) is 0 Å². The van der Waals surface area contributed by atoms with Crippen molar-refractivity contribution in [3.8, 4) is 0 Å². The van der Waals surface area contributed by atoms with Gasteiger partial charge in [0, 0.05) is 0 Å². The third-order valence-electron chi connectivity index (χ3n) is 2.07. The number of nitrogens with two attached hydrogens (primary N) is 1. The van der Waals surface area contributed by atoms with E-state index >= 15 is 0 Å². The van der Waals surface area contributed by atoms with Crippen LogP contribution in [0.4, 0.5) is 8.78 Å². The van der Waals surface area contributed by atoms with Crippen LogP contribution in [0.25, 0.3) is 0 Å². The van der Waals surface area contributed by atoms with E-state index in [0.29, 0.717) is 5.56 Å². The minimum absolute atomic E-state index is 0.537. The Morgan fingerprint density at radius 1 is 1.23 bits per heavy atom. The molecule has 0 aliphatic rings. The molecule has 2 N–H and O–H groups in total. The van der Waals surface area contributed by atoms with E-state index in [1.54, 1.807) is 13.0 Å². The van der Waals surface area contributed by atoms with Crippen LogP contribution in [-0.4, -0.2) is 6.43 Å². The molecule has 3 heteroatoms. The molecule has 1 aromatic carbocycles. The van der Waals surface area contributed by atoms with Gasteiger partial charge in [-0.15, -0.1) is 0 Å². The van der Waals surface area contributed by atoms with Gasteiger partial charge in [-0.1, -0.05) is 23.8 Å². The van der Waals surface area contributed by atoms with Crippen molar-refractivity contribution in [2.24, 2.45) is 5.73 Å². The summed E-state index contributed by atoms with van der Waals surface area (Å²) in [6.45, 7) is 3.65. The lowest BCUT2D eigenvalue weighted by atomic mass is 10.00. The van der Waals surface area contributed by atoms with Crippen molar-refractivity contribution < 1.29 is 8.78 Å². The summed E-state index contributed by atoms with van der Waals surface area (Å²) in [5.41, 5.74) is 7.67. The van der Waals surface area contributed by atoms with E-state index in [-0.39, 0.29) is 0 Å². The summed E-state index contributed by atoms with van der Waals surface area (Å²) in [5, 5.41) is 0. The first-order chi connectivity index (χ1) is 6.02. The Balaban J connectivity index is 3.05. The van der Waals surface area contributed by atoms with Gasteiger partial charge in [-0.2, -0.15) is 0 Å². The molecule has 1 rings (SSSR count). The second-order valence-electron chi connectivity index (χ2n) is 3.22. The fourth-order valence-electron chi connectivity index (χ4n) is 1.25. The van der Waals surface area contributed by atoms with Crippen molar-refractivity contribution in [1.29, 1.82) is 0 Å². The molecular weight excluding hydrogens is 172 g/mol. The number of benzene rings is 1. The van der Waals surface area contributed by atoms with E-state index in [1.165, 1.54) is 0 Å². The lowest BCUT2D eigenvalue weighted by Crippen LogP contribution is -2.20. The number of alkyl halides is 2. The van der Waals surface area contributed by atoms with Crippen molar-refractivity contribution in [2.75, 3.05) is 0 Å². The highest BCUT2D eigenvalue weighted by Crippen LogP contribution is 2.22. The van der Waals surface area contributed by atoms with Crippen molar-refractivity contribution >= 4 is 0 Å². The van der Waals surface area contributed by atoms with Gasteiger partial charge in [0.25, 0.3) is 6.43 Å². The van der Waals surface area contributed by atoms with Crippen molar-refractivity contribution in [3.63, 3.8) is 0 Å². The number of halogens is 2. The van der Waals surface area contributed by atoms with Crippen molar-refractivity contribution in [1.82, 2.24) is 0 Å². The van der Waals surface area contributed by atoms with Crippen LogP contribution >= 0.6 is 0 Å². The average Bonchev–Trinajstić information content (AvgIpc) is 2.08. The Bertz CT molecular complexity index is 297. The van der Waals surface area contributed by atoms with Crippen LogP contribution in [0.3, 0.4) is 0 Å². The Hall–Kier alpha value is -0.960. The Morgan fingerprint density at radius 2 is 1.85 bits per heavy atom. The largest absolute Gasteiger partial charge is 0.319 e. The zero-order chi connectivity index (χ0) is 10.0. The molecule has 0 heterocycles. The predicted octanol–water partition coefficient (Wildman–Crippen LogP) is 2.57. The number of aryl methyl sites for hydroxylation is 2. The number of hydrogen-bond acceptors (Lipinski definition) is 1. The molecule has 0 amide bonds. The molecule has 0 bridgehead atoms. The summed E-state index contributed by atoms with van der Waals surface area (Å²) in [6.07, 6.45) is -2.50. The molecule has 0 radical (unpaired) electrons. The maximum absolute atomic E-state index is 12.3. The van der Waals surface area contributed by atoms with Crippen molar-refractivity contribution in [2.45, 2.75) is 26.3 Å². The summed E-state index contributed by atoms with van der Waals surface area (Å²) in [7, 11) is 0. The molecule has 0 aliphatic heterocycles. The van der Waals surface area contributed by atoms with Crippen LogP contribution in [0.1, 0.15) is 22.7 Å². The first-order valence-corrected chi connectivity index (χ1v) is 4.13. The van der Waals surface area contributed by atoms with Crippen LogP contribution < -0.4 is 5.73 Å². The van der Waals surface area contributed by atoms with Gasteiger partial charge in [-0.3, -0.25) is 0 Å². The third kappa shape index (κ3) is 2.25. The fourth-order valence-corrected chi connectivity index (χ4v) is 1.25. The standard InChI is InChI=1S/C10H13F2N/c1-6-3-4-7(2)8(5-6)9(13)10(11)12/h3-5,9-10H,13H2,1-2H3. The van der Waals surface area contributed by atoms with Gasteiger partial charge in [0.1, 0.15) is 0 Å².